The maximum Gasteiger partial charge on any atom is 0.348 e. The Morgan fingerprint density at radius 1 is 1.12 bits per heavy atom. The molecule has 2 aromatic heterocycles. The summed E-state index contributed by atoms with van der Waals surface area (Å²) in [6.07, 6.45) is 10.2. The average molecular weight is 433 g/mol. The van der Waals surface area contributed by atoms with Crippen LogP contribution in [0.3, 0.4) is 0 Å². The minimum Gasteiger partial charge on any atom is -0.383 e. The first-order valence-corrected chi connectivity index (χ1v) is 11.6. The van der Waals surface area contributed by atoms with Gasteiger partial charge in [0.05, 0.1) is 6.33 Å². The van der Waals surface area contributed by atoms with Gasteiger partial charge in [0.15, 0.2) is 5.65 Å². The molecule has 2 heterocycles. The highest BCUT2D eigenvalue weighted by atomic mass is 16.1. The molecule has 3 aromatic rings. The lowest BCUT2D eigenvalue weighted by Crippen LogP contribution is -2.48. The minimum absolute atomic E-state index is 0.0784. The number of carbonyl (C=O) groups is 1. The maximum absolute atomic E-state index is 12.5. The predicted molar refractivity (Wildman–Crippen MR) is 122 cm³/mol. The van der Waals surface area contributed by atoms with E-state index >= 15 is 0 Å². The predicted octanol–water partition coefficient (Wildman–Crippen LogP) is 3.20. The molecule has 0 aliphatic heterocycles. The molecule has 1 amide bonds. The Morgan fingerprint density at radius 3 is 2.44 bits per heavy atom. The summed E-state index contributed by atoms with van der Waals surface area (Å²) >= 11 is 0. The van der Waals surface area contributed by atoms with E-state index in [9.17, 15) is 9.59 Å². The third-order valence-corrected chi connectivity index (χ3v) is 7.92. The number of nitrogens with one attached hydrogen (secondary N) is 2. The highest BCUT2D eigenvalue weighted by molar-refractivity contribution is 5.91. The number of anilines is 2. The third kappa shape index (κ3) is 3.29. The summed E-state index contributed by atoms with van der Waals surface area (Å²) in [5.41, 5.74) is 8.84. The first-order valence-electron chi connectivity index (χ1n) is 11.6. The van der Waals surface area contributed by atoms with Crippen LogP contribution in [-0.2, 0) is 16.8 Å². The third-order valence-electron chi connectivity index (χ3n) is 7.92. The van der Waals surface area contributed by atoms with Crippen LogP contribution in [0.25, 0.3) is 11.2 Å². The Kier molecular flexibility index (Phi) is 4.38. The number of aryl methyl sites for hydroxylation is 1. The molecule has 32 heavy (non-hydrogen) atoms. The smallest absolute Gasteiger partial charge is 0.348 e. The number of nitrogens with two attached hydrogens (primary N) is 1. The zero-order chi connectivity index (χ0) is 21.9. The van der Waals surface area contributed by atoms with E-state index < -0.39 is 5.69 Å². The summed E-state index contributed by atoms with van der Waals surface area (Å²) < 4.78 is 1.74. The Morgan fingerprint density at radius 2 is 1.78 bits per heavy atom. The minimum atomic E-state index is -0.532. The van der Waals surface area contributed by atoms with Crippen molar-refractivity contribution in [3.05, 3.63) is 46.6 Å². The van der Waals surface area contributed by atoms with Crippen molar-refractivity contribution in [3.8, 4) is 0 Å². The SMILES string of the molecule is Nc1[nH]c(=O)nc2ncn(CCC(=O)Nc3ccc(C45CC6CC(CC(C6)C4)C5)cc3)c12. The number of carbonyl (C=O) groups excluding carboxylic acids is 1. The van der Waals surface area contributed by atoms with Crippen molar-refractivity contribution < 1.29 is 4.79 Å². The van der Waals surface area contributed by atoms with Gasteiger partial charge in [0.2, 0.25) is 5.91 Å². The van der Waals surface area contributed by atoms with E-state index in [2.05, 4.69) is 32.4 Å². The number of hydrogen-bond acceptors (Lipinski definition) is 5. The fraction of sp³-hybridized carbons (Fsp3) is 0.500. The number of nitrogen functional groups attached to an aromatic ring is 1. The Balaban J connectivity index is 1.11. The molecule has 8 nitrogen and oxygen atoms in total. The quantitative estimate of drug-likeness (QED) is 0.572. The van der Waals surface area contributed by atoms with Crippen molar-refractivity contribution in [2.45, 2.75) is 56.9 Å². The van der Waals surface area contributed by atoms with Gasteiger partial charge in [-0.05, 0) is 79.4 Å². The molecule has 0 saturated heterocycles. The number of benzene rings is 1. The van der Waals surface area contributed by atoms with Crippen molar-refractivity contribution in [2.24, 2.45) is 17.8 Å². The summed E-state index contributed by atoms with van der Waals surface area (Å²) in [4.78, 5) is 34.3. The van der Waals surface area contributed by atoms with E-state index in [-0.39, 0.29) is 23.8 Å². The molecule has 166 valence electrons. The van der Waals surface area contributed by atoms with Crippen molar-refractivity contribution in [1.29, 1.82) is 0 Å². The number of H-pyrrole nitrogens is 1. The van der Waals surface area contributed by atoms with Crippen LogP contribution < -0.4 is 16.7 Å². The number of fused-ring (bicyclic) bond motifs is 1. The molecule has 7 rings (SSSR count). The van der Waals surface area contributed by atoms with E-state index in [1.54, 1.807) is 10.9 Å². The zero-order valence-corrected chi connectivity index (χ0v) is 18.0. The number of rotatable bonds is 5. The molecular weight excluding hydrogens is 404 g/mol. The number of aromatic nitrogens is 4. The Hall–Kier alpha value is -3.16. The summed E-state index contributed by atoms with van der Waals surface area (Å²) in [6.45, 7) is 0.394. The van der Waals surface area contributed by atoms with Crippen LogP contribution in [0.1, 0.15) is 50.5 Å². The van der Waals surface area contributed by atoms with Crippen LogP contribution in [0.4, 0.5) is 11.5 Å². The van der Waals surface area contributed by atoms with Gasteiger partial charge >= 0.3 is 5.69 Å². The van der Waals surface area contributed by atoms with E-state index in [0.29, 0.717) is 17.5 Å². The summed E-state index contributed by atoms with van der Waals surface area (Å²) in [5.74, 6) is 2.88. The Bertz CT molecular complexity index is 1210. The lowest BCUT2D eigenvalue weighted by molar-refractivity contribution is -0.116. The van der Waals surface area contributed by atoms with Gasteiger partial charge in [-0.25, -0.2) is 9.78 Å². The molecule has 4 fully saturated rings. The molecule has 4 bridgehead atoms. The number of imidazole rings is 1. The standard InChI is InChI=1S/C24H28N6O2/c25-21-20-22(29-23(32)28-21)26-13-30(20)6-5-19(31)27-18-3-1-17(2-4-18)24-10-14-7-15(11-24)9-16(8-14)12-24/h1-4,13-16H,5-12H2,(H,27,31)(H3,25,28,29,32). The van der Waals surface area contributed by atoms with Crippen LogP contribution in [-0.4, -0.2) is 25.4 Å². The van der Waals surface area contributed by atoms with Gasteiger partial charge < -0.3 is 15.6 Å². The Labute approximate surface area is 185 Å². The van der Waals surface area contributed by atoms with Gasteiger partial charge in [0.25, 0.3) is 0 Å². The number of hydrogen-bond donors (Lipinski definition) is 3. The van der Waals surface area contributed by atoms with Gasteiger partial charge in [-0.1, -0.05) is 12.1 Å². The molecule has 4 aliphatic rings. The van der Waals surface area contributed by atoms with Crippen LogP contribution >= 0.6 is 0 Å². The van der Waals surface area contributed by atoms with Crippen molar-refractivity contribution in [1.82, 2.24) is 19.5 Å². The van der Waals surface area contributed by atoms with Gasteiger partial charge in [-0.3, -0.25) is 9.78 Å². The van der Waals surface area contributed by atoms with Crippen LogP contribution in [0, 0.1) is 17.8 Å². The largest absolute Gasteiger partial charge is 0.383 e. The van der Waals surface area contributed by atoms with E-state index in [1.165, 1.54) is 44.1 Å². The second kappa shape index (κ2) is 7.18. The number of amides is 1. The number of nitrogens with zero attached hydrogens (tertiary/aromatic N) is 3. The summed E-state index contributed by atoms with van der Waals surface area (Å²) in [6, 6.07) is 8.56. The average Bonchev–Trinajstić information content (AvgIpc) is 3.15. The highest BCUT2D eigenvalue weighted by Crippen LogP contribution is 2.60. The molecule has 4 N–H and O–H groups in total. The van der Waals surface area contributed by atoms with Crippen molar-refractivity contribution in [2.75, 3.05) is 11.1 Å². The van der Waals surface area contributed by atoms with Crippen molar-refractivity contribution >= 4 is 28.6 Å². The monoisotopic (exact) mass is 432 g/mol. The first kappa shape index (κ1) is 19.5. The van der Waals surface area contributed by atoms with E-state index in [1.807, 2.05) is 12.1 Å². The first-order chi connectivity index (χ1) is 15.5. The molecule has 4 aliphatic carbocycles. The van der Waals surface area contributed by atoms with Crippen LogP contribution in [0.15, 0.2) is 35.4 Å². The van der Waals surface area contributed by atoms with Gasteiger partial charge in [-0.15, -0.1) is 0 Å². The van der Waals surface area contributed by atoms with Crippen molar-refractivity contribution in [3.63, 3.8) is 0 Å². The van der Waals surface area contributed by atoms with Crippen LogP contribution in [0.2, 0.25) is 0 Å². The van der Waals surface area contributed by atoms with Gasteiger partial charge in [0, 0.05) is 18.7 Å². The normalized spacial score (nSPS) is 28.3. The lowest BCUT2D eigenvalue weighted by Gasteiger charge is -2.57. The molecule has 4 saturated carbocycles. The molecule has 0 spiro atoms. The van der Waals surface area contributed by atoms with E-state index in [0.717, 1.165) is 23.4 Å². The van der Waals surface area contributed by atoms with E-state index in [4.69, 9.17) is 5.73 Å². The summed E-state index contributed by atoms with van der Waals surface area (Å²) in [5, 5.41) is 3.00. The molecule has 8 heteroatoms. The van der Waals surface area contributed by atoms with Gasteiger partial charge in [0.1, 0.15) is 11.3 Å². The molecule has 0 radical (unpaired) electrons. The molecular formula is C24H28N6O2. The number of aromatic amines is 1. The summed E-state index contributed by atoms with van der Waals surface area (Å²) in [7, 11) is 0. The fourth-order valence-corrected chi connectivity index (χ4v) is 7.01. The second-order valence-corrected chi connectivity index (χ2v) is 10.1. The molecule has 0 atom stereocenters. The van der Waals surface area contributed by atoms with Crippen LogP contribution in [0.5, 0.6) is 0 Å². The molecule has 1 aromatic carbocycles. The van der Waals surface area contributed by atoms with Gasteiger partial charge in [-0.2, -0.15) is 4.98 Å². The molecule has 0 unspecified atom stereocenters. The topological polar surface area (TPSA) is 119 Å². The fourth-order valence-electron chi connectivity index (χ4n) is 7.01. The zero-order valence-electron chi connectivity index (χ0n) is 18.0. The second-order valence-electron chi connectivity index (χ2n) is 10.1. The maximum atomic E-state index is 12.5. The highest BCUT2D eigenvalue weighted by Gasteiger charge is 2.51. The lowest BCUT2D eigenvalue weighted by atomic mass is 9.48.